The smallest absolute Gasteiger partial charge is 0.269 e. The third kappa shape index (κ3) is 5.02. The maximum absolute atomic E-state index is 12.7. The first kappa shape index (κ1) is 23.5. The molecule has 1 amide bonds. The average Bonchev–Trinajstić information content (AvgIpc) is 2.81. The number of rotatable bonds is 8. The van der Waals surface area contributed by atoms with Crippen molar-refractivity contribution >= 4 is 22.9 Å². The molecule has 0 bridgehead atoms. The molecule has 2 aromatic carbocycles. The third-order valence-corrected chi connectivity index (χ3v) is 5.14. The Morgan fingerprint density at radius 2 is 1.94 bits per heavy atom. The van der Waals surface area contributed by atoms with Gasteiger partial charge in [0.2, 0.25) is 0 Å². The van der Waals surface area contributed by atoms with E-state index in [4.69, 9.17) is 14.2 Å². The maximum Gasteiger partial charge on any atom is 0.269 e. The van der Waals surface area contributed by atoms with Crippen molar-refractivity contribution in [2.24, 2.45) is 5.10 Å². The van der Waals surface area contributed by atoms with E-state index in [1.165, 1.54) is 17.9 Å². The van der Waals surface area contributed by atoms with Gasteiger partial charge in [0.15, 0.2) is 0 Å². The van der Waals surface area contributed by atoms with E-state index in [2.05, 4.69) is 10.5 Å². The molecule has 1 aromatic heterocycles. The first-order valence-electron chi connectivity index (χ1n) is 10.0. The number of aryl methyl sites for hydroxylation is 1. The second-order valence-corrected chi connectivity index (χ2v) is 7.18. The number of ether oxygens (including phenoxy) is 3. The molecule has 3 aromatic rings. The highest BCUT2D eigenvalue weighted by atomic mass is 16.5. The maximum atomic E-state index is 12.7. The van der Waals surface area contributed by atoms with Gasteiger partial charge in [-0.3, -0.25) is 9.59 Å². The normalized spacial score (nSPS) is 10.9. The molecule has 0 spiro atoms. The van der Waals surface area contributed by atoms with Crippen LogP contribution in [0.1, 0.15) is 22.4 Å². The van der Waals surface area contributed by atoms with Crippen LogP contribution in [0.5, 0.6) is 11.5 Å². The van der Waals surface area contributed by atoms with Crippen LogP contribution in [0.2, 0.25) is 0 Å². The largest absolute Gasteiger partial charge is 0.497 e. The van der Waals surface area contributed by atoms with Gasteiger partial charge in [-0.15, -0.1) is 0 Å². The minimum atomic E-state index is -0.550. The minimum Gasteiger partial charge on any atom is -0.497 e. The average molecular weight is 448 g/mol. The van der Waals surface area contributed by atoms with Gasteiger partial charge in [0.25, 0.3) is 11.5 Å². The Bertz CT molecular complexity index is 1320. The summed E-state index contributed by atoms with van der Waals surface area (Å²) in [6, 6.07) is 12.9. The Labute approximate surface area is 190 Å². The second kappa shape index (κ2) is 10.4. The molecule has 9 heteroatoms. The van der Waals surface area contributed by atoms with E-state index in [1.807, 2.05) is 36.4 Å². The van der Waals surface area contributed by atoms with E-state index < -0.39 is 11.5 Å². The highest BCUT2D eigenvalue weighted by Crippen LogP contribution is 2.29. The summed E-state index contributed by atoms with van der Waals surface area (Å²) >= 11 is 0. The van der Waals surface area contributed by atoms with Crippen molar-refractivity contribution < 1.29 is 19.0 Å². The van der Waals surface area contributed by atoms with E-state index >= 15 is 0 Å². The SMILES string of the molecule is COCc1cc(C)n(CC(=O)NN=Cc2c(OC)ccc3ccc(OC)cc23)c(=O)c1C#N. The molecule has 0 saturated carbocycles. The number of hydrogen-bond donors (Lipinski definition) is 1. The zero-order valence-electron chi connectivity index (χ0n) is 18.8. The number of benzene rings is 2. The monoisotopic (exact) mass is 448 g/mol. The summed E-state index contributed by atoms with van der Waals surface area (Å²) in [4.78, 5) is 25.2. The summed E-state index contributed by atoms with van der Waals surface area (Å²) in [6.45, 7) is 1.53. The highest BCUT2D eigenvalue weighted by Gasteiger charge is 2.15. The Hall–Kier alpha value is -4.16. The van der Waals surface area contributed by atoms with Crippen molar-refractivity contribution in [2.75, 3.05) is 21.3 Å². The summed E-state index contributed by atoms with van der Waals surface area (Å²) in [7, 11) is 4.61. The van der Waals surface area contributed by atoms with Crippen LogP contribution in [-0.2, 0) is 22.7 Å². The van der Waals surface area contributed by atoms with Crippen molar-refractivity contribution in [3.8, 4) is 17.6 Å². The molecule has 0 fully saturated rings. The number of hydrazone groups is 1. The Balaban J connectivity index is 1.85. The van der Waals surface area contributed by atoms with E-state index in [0.717, 1.165) is 10.8 Å². The molecule has 0 aliphatic rings. The van der Waals surface area contributed by atoms with Gasteiger partial charge in [-0.2, -0.15) is 10.4 Å². The lowest BCUT2D eigenvalue weighted by Crippen LogP contribution is -2.33. The molecular weight excluding hydrogens is 424 g/mol. The number of nitrogens with zero attached hydrogens (tertiary/aromatic N) is 3. The van der Waals surface area contributed by atoms with Gasteiger partial charge in [-0.1, -0.05) is 12.1 Å². The number of carbonyl (C=O) groups excluding carboxylic acids is 1. The number of carbonyl (C=O) groups is 1. The van der Waals surface area contributed by atoms with Gasteiger partial charge in [-0.25, -0.2) is 5.43 Å². The van der Waals surface area contributed by atoms with E-state index in [-0.39, 0.29) is 18.7 Å². The molecule has 9 nitrogen and oxygen atoms in total. The molecule has 170 valence electrons. The summed E-state index contributed by atoms with van der Waals surface area (Å²) in [6.07, 6.45) is 1.48. The van der Waals surface area contributed by atoms with Crippen LogP contribution >= 0.6 is 0 Å². The van der Waals surface area contributed by atoms with Crippen LogP contribution in [0, 0.1) is 18.3 Å². The summed E-state index contributed by atoms with van der Waals surface area (Å²) in [5, 5.41) is 15.2. The fourth-order valence-corrected chi connectivity index (χ4v) is 3.51. The lowest BCUT2D eigenvalue weighted by atomic mass is 10.0. The Morgan fingerprint density at radius 1 is 1.18 bits per heavy atom. The molecule has 0 aliphatic carbocycles. The van der Waals surface area contributed by atoms with Gasteiger partial charge < -0.3 is 18.8 Å². The summed E-state index contributed by atoms with van der Waals surface area (Å²) in [5.41, 5.74) is 3.52. The standard InChI is InChI=1S/C24H24N4O5/c1-15-9-17(14-31-2)20(11-25)24(30)28(15)13-23(29)27-26-12-21-19-10-18(32-3)7-5-16(19)6-8-22(21)33-4/h5-10,12H,13-14H2,1-4H3,(H,27,29). The van der Waals surface area contributed by atoms with Crippen LogP contribution in [0.3, 0.4) is 0 Å². The fourth-order valence-electron chi connectivity index (χ4n) is 3.51. The first-order chi connectivity index (χ1) is 15.9. The predicted octanol–water partition coefficient (Wildman–Crippen LogP) is 2.50. The number of methoxy groups -OCH3 is 3. The van der Waals surface area contributed by atoms with Crippen molar-refractivity contribution in [3.05, 3.63) is 69.1 Å². The fraction of sp³-hybridized carbons (Fsp3) is 0.250. The zero-order chi connectivity index (χ0) is 24.0. The van der Waals surface area contributed by atoms with Crippen molar-refractivity contribution in [3.63, 3.8) is 0 Å². The van der Waals surface area contributed by atoms with Crippen LogP contribution in [0.4, 0.5) is 0 Å². The summed E-state index contributed by atoms with van der Waals surface area (Å²) in [5.74, 6) is 0.735. The molecule has 0 aliphatic heterocycles. The topological polar surface area (TPSA) is 115 Å². The van der Waals surface area contributed by atoms with Gasteiger partial charge in [-0.05, 0) is 42.0 Å². The van der Waals surface area contributed by atoms with Crippen molar-refractivity contribution in [1.82, 2.24) is 9.99 Å². The number of hydrogen-bond acceptors (Lipinski definition) is 7. The number of fused-ring (bicyclic) bond motifs is 1. The summed E-state index contributed by atoms with van der Waals surface area (Å²) < 4.78 is 17.0. The van der Waals surface area contributed by atoms with E-state index in [9.17, 15) is 14.9 Å². The Kier molecular flexibility index (Phi) is 7.43. The predicted molar refractivity (Wildman–Crippen MR) is 124 cm³/mol. The zero-order valence-corrected chi connectivity index (χ0v) is 18.8. The molecule has 33 heavy (non-hydrogen) atoms. The first-order valence-corrected chi connectivity index (χ1v) is 10.0. The molecule has 0 unspecified atom stereocenters. The third-order valence-electron chi connectivity index (χ3n) is 5.14. The van der Waals surface area contributed by atoms with Crippen LogP contribution in [-0.4, -0.2) is 38.0 Å². The van der Waals surface area contributed by atoms with E-state index in [0.29, 0.717) is 28.3 Å². The Morgan fingerprint density at radius 3 is 2.61 bits per heavy atom. The molecule has 0 radical (unpaired) electrons. The number of amides is 1. The van der Waals surface area contributed by atoms with Gasteiger partial charge >= 0.3 is 0 Å². The molecule has 0 saturated heterocycles. The van der Waals surface area contributed by atoms with Crippen molar-refractivity contribution in [1.29, 1.82) is 5.26 Å². The minimum absolute atomic E-state index is 0.0480. The van der Waals surface area contributed by atoms with Crippen LogP contribution in [0.15, 0.2) is 46.3 Å². The number of nitriles is 1. The van der Waals surface area contributed by atoms with Crippen LogP contribution in [0.25, 0.3) is 10.8 Å². The lowest BCUT2D eigenvalue weighted by Gasteiger charge is -2.12. The highest BCUT2D eigenvalue weighted by molar-refractivity contribution is 6.03. The number of pyridine rings is 1. The molecule has 0 atom stereocenters. The number of aromatic nitrogens is 1. The molecule has 1 N–H and O–H groups in total. The molecule has 1 heterocycles. The second-order valence-electron chi connectivity index (χ2n) is 7.18. The quantitative estimate of drug-likeness (QED) is 0.418. The number of nitrogens with one attached hydrogen (secondary N) is 1. The molecule has 3 rings (SSSR count). The van der Waals surface area contributed by atoms with E-state index in [1.54, 1.807) is 27.2 Å². The van der Waals surface area contributed by atoms with Gasteiger partial charge in [0.1, 0.15) is 29.7 Å². The molecular formula is C24H24N4O5. The lowest BCUT2D eigenvalue weighted by molar-refractivity contribution is -0.121. The van der Waals surface area contributed by atoms with Gasteiger partial charge in [0.05, 0.1) is 27.0 Å². The van der Waals surface area contributed by atoms with Crippen LogP contribution < -0.4 is 20.5 Å². The van der Waals surface area contributed by atoms with Gasteiger partial charge in [0, 0.05) is 23.9 Å². The van der Waals surface area contributed by atoms with Crippen molar-refractivity contribution in [2.45, 2.75) is 20.1 Å².